The summed E-state index contributed by atoms with van der Waals surface area (Å²) in [6, 6.07) is 7.69. The lowest BCUT2D eigenvalue weighted by atomic mass is 9.98. The van der Waals surface area contributed by atoms with E-state index in [2.05, 4.69) is 0 Å². The van der Waals surface area contributed by atoms with Gasteiger partial charge in [-0.2, -0.15) is 0 Å². The van der Waals surface area contributed by atoms with E-state index in [-0.39, 0.29) is 12.5 Å². The molecule has 20 heavy (non-hydrogen) atoms. The Kier molecular flexibility index (Phi) is 6.20. The van der Waals surface area contributed by atoms with E-state index in [0.29, 0.717) is 12.3 Å². The molecule has 1 aromatic rings. The van der Waals surface area contributed by atoms with Crippen LogP contribution in [0.4, 0.5) is 0 Å². The van der Waals surface area contributed by atoms with Crippen LogP contribution in [0.1, 0.15) is 19.3 Å². The molecule has 110 valence electrons. The maximum absolute atomic E-state index is 12.1. The summed E-state index contributed by atoms with van der Waals surface area (Å²) in [6.45, 7) is 1.82. The number of benzene rings is 1. The number of rotatable bonds is 5. The topological polar surface area (TPSA) is 40.5 Å². The minimum absolute atomic E-state index is 0.225. The molecule has 5 heteroatoms. The second-order valence-electron chi connectivity index (χ2n) is 5.06. The molecule has 0 spiro atoms. The monoisotopic (exact) mass is 313 g/mol. The van der Waals surface area contributed by atoms with Crippen LogP contribution < -0.4 is 0 Å². The second kappa shape index (κ2) is 7.91. The van der Waals surface area contributed by atoms with E-state index >= 15 is 0 Å². The third-order valence-corrected chi connectivity index (χ3v) is 4.89. The zero-order valence-corrected chi connectivity index (χ0v) is 13.0. The third kappa shape index (κ3) is 4.69. The first-order valence-corrected chi connectivity index (χ1v) is 8.32. The highest BCUT2D eigenvalue weighted by molar-refractivity contribution is 7.99. The van der Waals surface area contributed by atoms with Crippen molar-refractivity contribution in [2.45, 2.75) is 24.2 Å². The minimum Gasteiger partial charge on any atom is -0.396 e. The highest BCUT2D eigenvalue weighted by Crippen LogP contribution is 2.22. The summed E-state index contributed by atoms with van der Waals surface area (Å²) >= 11 is 7.51. The predicted molar refractivity (Wildman–Crippen MR) is 83.2 cm³/mol. The van der Waals surface area contributed by atoms with Gasteiger partial charge in [-0.15, -0.1) is 11.8 Å². The third-order valence-electron chi connectivity index (χ3n) is 3.62. The molecule has 1 amide bonds. The highest BCUT2D eigenvalue weighted by atomic mass is 35.5. The van der Waals surface area contributed by atoms with Crippen molar-refractivity contribution in [3.8, 4) is 0 Å². The Hall–Kier alpha value is -0.710. The quantitative estimate of drug-likeness (QED) is 0.849. The number of carbonyl (C=O) groups excluding carboxylic acids is 1. The maximum atomic E-state index is 12.1. The molecule has 1 N–H and O–H groups in total. The molecule has 3 nitrogen and oxygen atoms in total. The summed E-state index contributed by atoms with van der Waals surface area (Å²) in [5.74, 6) is 1.39. The number of halogens is 1. The van der Waals surface area contributed by atoms with E-state index in [9.17, 15) is 4.79 Å². The Morgan fingerprint density at radius 2 is 1.95 bits per heavy atom. The molecule has 0 radical (unpaired) electrons. The van der Waals surface area contributed by atoms with Crippen molar-refractivity contribution in [1.29, 1.82) is 0 Å². The molecular weight excluding hydrogens is 294 g/mol. The van der Waals surface area contributed by atoms with Gasteiger partial charge in [0.25, 0.3) is 0 Å². The van der Waals surface area contributed by atoms with Crippen molar-refractivity contribution in [3.05, 3.63) is 29.3 Å². The summed E-state index contributed by atoms with van der Waals surface area (Å²) < 4.78 is 0. The summed E-state index contributed by atoms with van der Waals surface area (Å²) in [5.41, 5.74) is 0. The Bertz CT molecular complexity index is 430. The molecule has 0 atom stereocenters. The average Bonchev–Trinajstić information content (AvgIpc) is 2.49. The van der Waals surface area contributed by atoms with Gasteiger partial charge in [-0.3, -0.25) is 4.79 Å². The first-order chi connectivity index (χ1) is 9.69. The Morgan fingerprint density at radius 1 is 1.30 bits per heavy atom. The maximum Gasteiger partial charge on any atom is 0.223 e. The van der Waals surface area contributed by atoms with Gasteiger partial charge in [0.1, 0.15) is 0 Å². The van der Waals surface area contributed by atoms with Crippen molar-refractivity contribution in [1.82, 2.24) is 4.90 Å². The number of carbonyl (C=O) groups is 1. The number of thioether (sulfide) groups is 1. The summed E-state index contributed by atoms with van der Waals surface area (Å²) in [6.07, 6.45) is 2.41. The summed E-state index contributed by atoms with van der Waals surface area (Å²) in [4.78, 5) is 15.1. The van der Waals surface area contributed by atoms with Crippen LogP contribution in [-0.2, 0) is 4.79 Å². The molecule has 0 bridgehead atoms. The Balaban J connectivity index is 1.69. The normalized spacial score (nSPS) is 16.4. The number of amides is 1. The SMILES string of the molecule is O=C(CCSc1ccc(Cl)cc1)N1CCC(CO)CC1. The van der Waals surface area contributed by atoms with Gasteiger partial charge in [0.15, 0.2) is 0 Å². The van der Waals surface area contributed by atoms with E-state index in [1.54, 1.807) is 11.8 Å². The molecule has 1 aliphatic rings. The van der Waals surface area contributed by atoms with Crippen LogP contribution in [0, 0.1) is 5.92 Å². The van der Waals surface area contributed by atoms with E-state index in [1.165, 1.54) is 0 Å². The molecule has 0 aromatic heterocycles. The zero-order chi connectivity index (χ0) is 14.4. The van der Waals surface area contributed by atoms with Crippen molar-refractivity contribution >= 4 is 29.3 Å². The summed E-state index contributed by atoms with van der Waals surface area (Å²) in [5, 5.41) is 9.82. The van der Waals surface area contributed by atoms with Gasteiger partial charge in [0.2, 0.25) is 5.91 Å². The highest BCUT2D eigenvalue weighted by Gasteiger charge is 2.21. The fourth-order valence-electron chi connectivity index (χ4n) is 2.31. The smallest absolute Gasteiger partial charge is 0.223 e. The molecule has 1 heterocycles. The Labute approximate surface area is 129 Å². The number of aliphatic hydroxyl groups is 1. The number of hydrogen-bond donors (Lipinski definition) is 1. The van der Waals surface area contributed by atoms with Gasteiger partial charge in [0.05, 0.1) is 0 Å². The molecule has 1 fully saturated rings. The first kappa shape index (κ1) is 15.7. The molecule has 0 unspecified atom stereocenters. The molecule has 1 saturated heterocycles. The van der Waals surface area contributed by atoms with Gasteiger partial charge in [0, 0.05) is 41.8 Å². The van der Waals surface area contributed by atoms with Crippen LogP contribution in [0.15, 0.2) is 29.2 Å². The molecule has 0 saturated carbocycles. The van der Waals surface area contributed by atoms with Gasteiger partial charge in [-0.25, -0.2) is 0 Å². The largest absolute Gasteiger partial charge is 0.396 e. The molecule has 0 aliphatic carbocycles. The number of hydrogen-bond acceptors (Lipinski definition) is 3. The molecule has 1 aliphatic heterocycles. The number of nitrogens with zero attached hydrogens (tertiary/aromatic N) is 1. The van der Waals surface area contributed by atoms with Gasteiger partial charge < -0.3 is 10.0 Å². The van der Waals surface area contributed by atoms with Gasteiger partial charge in [-0.05, 0) is 43.0 Å². The minimum atomic E-state index is 0.225. The number of likely N-dealkylation sites (tertiary alicyclic amines) is 1. The predicted octanol–water partition coefficient (Wildman–Crippen LogP) is 3.05. The first-order valence-electron chi connectivity index (χ1n) is 6.96. The molecular formula is C15H20ClNO2S. The Morgan fingerprint density at radius 3 is 2.55 bits per heavy atom. The van der Waals surface area contributed by atoms with E-state index < -0.39 is 0 Å². The van der Waals surface area contributed by atoms with Crippen molar-refractivity contribution in [2.75, 3.05) is 25.4 Å². The zero-order valence-electron chi connectivity index (χ0n) is 11.4. The molecule has 2 rings (SSSR count). The van der Waals surface area contributed by atoms with Crippen LogP contribution >= 0.6 is 23.4 Å². The van der Waals surface area contributed by atoms with E-state index in [1.807, 2.05) is 29.2 Å². The van der Waals surface area contributed by atoms with Crippen LogP contribution in [0.2, 0.25) is 5.02 Å². The lowest BCUT2D eigenvalue weighted by molar-refractivity contribution is -0.132. The van der Waals surface area contributed by atoms with Crippen molar-refractivity contribution < 1.29 is 9.90 Å². The number of aliphatic hydroxyl groups excluding tert-OH is 1. The van der Waals surface area contributed by atoms with Crippen LogP contribution in [0.5, 0.6) is 0 Å². The van der Waals surface area contributed by atoms with E-state index in [4.69, 9.17) is 16.7 Å². The standard InChI is InChI=1S/C15H20ClNO2S/c16-13-1-3-14(4-2-13)20-10-7-15(19)17-8-5-12(11-18)6-9-17/h1-4,12,18H,5-11H2. The lowest BCUT2D eigenvalue weighted by Gasteiger charge is -2.31. The van der Waals surface area contributed by atoms with Crippen LogP contribution in [0.25, 0.3) is 0 Å². The van der Waals surface area contributed by atoms with Gasteiger partial charge in [-0.1, -0.05) is 11.6 Å². The average molecular weight is 314 g/mol. The molecule has 1 aromatic carbocycles. The van der Waals surface area contributed by atoms with Crippen LogP contribution in [0.3, 0.4) is 0 Å². The van der Waals surface area contributed by atoms with Crippen molar-refractivity contribution in [3.63, 3.8) is 0 Å². The number of piperidine rings is 1. The fourth-order valence-corrected chi connectivity index (χ4v) is 3.28. The van der Waals surface area contributed by atoms with Gasteiger partial charge >= 0.3 is 0 Å². The summed E-state index contributed by atoms with van der Waals surface area (Å²) in [7, 11) is 0. The second-order valence-corrected chi connectivity index (χ2v) is 6.66. The van der Waals surface area contributed by atoms with E-state index in [0.717, 1.165) is 41.6 Å². The fraction of sp³-hybridized carbons (Fsp3) is 0.533. The van der Waals surface area contributed by atoms with Crippen molar-refractivity contribution in [2.24, 2.45) is 5.92 Å². The lowest BCUT2D eigenvalue weighted by Crippen LogP contribution is -2.39. The van der Waals surface area contributed by atoms with Crippen LogP contribution in [-0.4, -0.2) is 41.4 Å².